The van der Waals surface area contributed by atoms with Gasteiger partial charge >= 0.3 is 0 Å². The van der Waals surface area contributed by atoms with E-state index in [1.54, 1.807) is 19.2 Å². The zero-order chi connectivity index (χ0) is 11.8. The first-order chi connectivity index (χ1) is 7.74. The molecule has 0 unspecified atom stereocenters. The molecule has 0 spiro atoms. The summed E-state index contributed by atoms with van der Waals surface area (Å²) in [7, 11) is 1.64. The Balaban J connectivity index is 2.21. The van der Waals surface area contributed by atoms with E-state index in [-0.39, 0.29) is 16.8 Å². The van der Waals surface area contributed by atoms with Crippen molar-refractivity contribution in [2.75, 3.05) is 20.3 Å². The molecule has 0 aromatic carbocycles. The first-order valence-electron chi connectivity index (χ1n) is 4.85. The molecule has 0 aliphatic carbocycles. The molecule has 1 aromatic rings. The number of amides is 1. The highest BCUT2D eigenvalue weighted by Gasteiger charge is 2.09. The lowest BCUT2D eigenvalue weighted by atomic mass is 10.4. The van der Waals surface area contributed by atoms with E-state index >= 15 is 0 Å². The lowest BCUT2D eigenvalue weighted by molar-refractivity contribution is 0.0949. The summed E-state index contributed by atoms with van der Waals surface area (Å²) in [6, 6.07) is 3.22. The van der Waals surface area contributed by atoms with Crippen molar-refractivity contribution in [3.63, 3.8) is 0 Å². The van der Waals surface area contributed by atoms with Crippen molar-refractivity contribution in [3.05, 3.63) is 24.2 Å². The number of carbonyl (C=O) groups is 1. The van der Waals surface area contributed by atoms with E-state index in [9.17, 15) is 4.79 Å². The molecule has 1 rings (SSSR count). The topological polar surface area (TPSA) is 63.5 Å². The molecule has 0 radical (unpaired) electrons. The molecule has 0 aliphatic heterocycles. The van der Waals surface area contributed by atoms with Gasteiger partial charge in [0.25, 0.3) is 5.91 Å². The van der Waals surface area contributed by atoms with E-state index in [0.29, 0.717) is 13.2 Å². The number of hydrogen-bond acceptors (Lipinski definition) is 4. The number of carbonyl (C=O) groups excluding carboxylic acids is 1. The standard InChI is InChI=1S/C10H14N2O3S/c1-14-6-3-5-11-10(16)12-9(13)8-4-2-7-15-8/h2,4,7H,3,5-6H2,1H3,(H2,11,12,13,16). The van der Waals surface area contributed by atoms with Crippen molar-refractivity contribution in [1.29, 1.82) is 0 Å². The van der Waals surface area contributed by atoms with Crippen LogP contribution in [0.4, 0.5) is 0 Å². The van der Waals surface area contributed by atoms with Crippen molar-refractivity contribution in [2.45, 2.75) is 6.42 Å². The minimum atomic E-state index is -0.353. The molecule has 0 aliphatic rings. The number of thiocarbonyl (C=S) groups is 1. The lowest BCUT2D eigenvalue weighted by Crippen LogP contribution is -2.39. The Morgan fingerprint density at radius 2 is 2.44 bits per heavy atom. The van der Waals surface area contributed by atoms with Gasteiger partial charge in [-0.1, -0.05) is 0 Å². The fourth-order valence-electron chi connectivity index (χ4n) is 1.04. The van der Waals surface area contributed by atoms with Crippen LogP contribution in [0.1, 0.15) is 17.0 Å². The SMILES string of the molecule is COCCCNC(=S)NC(=O)c1ccco1. The number of hydrogen-bond donors (Lipinski definition) is 2. The fourth-order valence-corrected chi connectivity index (χ4v) is 1.23. The molecule has 88 valence electrons. The Kier molecular flexibility index (Phi) is 5.52. The van der Waals surface area contributed by atoms with Crippen LogP contribution in [0.2, 0.25) is 0 Å². The monoisotopic (exact) mass is 242 g/mol. The lowest BCUT2D eigenvalue weighted by Gasteiger charge is -2.07. The average molecular weight is 242 g/mol. The van der Waals surface area contributed by atoms with Crippen LogP contribution in [-0.2, 0) is 4.74 Å². The summed E-state index contributed by atoms with van der Waals surface area (Å²) in [5.74, 6) is -0.115. The van der Waals surface area contributed by atoms with Gasteiger partial charge in [0.2, 0.25) is 0 Å². The molecule has 0 saturated carbocycles. The van der Waals surface area contributed by atoms with Gasteiger partial charge in [-0.15, -0.1) is 0 Å². The number of ether oxygens (including phenoxy) is 1. The van der Waals surface area contributed by atoms with E-state index in [1.807, 2.05) is 0 Å². The molecule has 0 bridgehead atoms. The summed E-state index contributed by atoms with van der Waals surface area (Å²) >= 11 is 4.93. The van der Waals surface area contributed by atoms with Gasteiger partial charge in [0.05, 0.1) is 6.26 Å². The van der Waals surface area contributed by atoms with Crippen LogP contribution in [0.5, 0.6) is 0 Å². The maximum atomic E-state index is 11.4. The van der Waals surface area contributed by atoms with Gasteiger partial charge < -0.3 is 14.5 Å². The Morgan fingerprint density at radius 3 is 3.06 bits per heavy atom. The Morgan fingerprint density at radius 1 is 1.62 bits per heavy atom. The van der Waals surface area contributed by atoms with Crippen molar-refractivity contribution in [3.8, 4) is 0 Å². The predicted octanol–water partition coefficient (Wildman–Crippen LogP) is 0.920. The van der Waals surface area contributed by atoms with Gasteiger partial charge in [-0.25, -0.2) is 0 Å². The highest BCUT2D eigenvalue weighted by Crippen LogP contribution is 1.98. The smallest absolute Gasteiger partial charge is 0.293 e. The molecule has 6 heteroatoms. The molecule has 1 heterocycles. The molecule has 2 N–H and O–H groups in total. The third kappa shape index (κ3) is 4.41. The number of rotatable bonds is 5. The maximum absolute atomic E-state index is 11.4. The number of furan rings is 1. The molecule has 0 atom stereocenters. The Bertz CT molecular complexity index is 338. The molecular formula is C10H14N2O3S. The first kappa shape index (κ1) is 12.7. The van der Waals surface area contributed by atoms with Crippen molar-refractivity contribution >= 4 is 23.2 Å². The number of nitrogens with one attached hydrogen (secondary N) is 2. The van der Waals surface area contributed by atoms with Crippen LogP contribution in [0.15, 0.2) is 22.8 Å². The molecule has 16 heavy (non-hydrogen) atoms. The van der Waals surface area contributed by atoms with Crippen molar-refractivity contribution in [1.82, 2.24) is 10.6 Å². The van der Waals surface area contributed by atoms with E-state index in [0.717, 1.165) is 6.42 Å². The Labute approximate surface area is 99.1 Å². The molecule has 1 aromatic heterocycles. The van der Waals surface area contributed by atoms with Crippen molar-refractivity contribution in [2.24, 2.45) is 0 Å². The third-order valence-corrected chi connectivity index (χ3v) is 2.03. The third-order valence-electron chi connectivity index (χ3n) is 1.78. The summed E-state index contributed by atoms with van der Waals surface area (Å²) in [5, 5.41) is 5.68. The highest BCUT2D eigenvalue weighted by atomic mass is 32.1. The zero-order valence-corrected chi connectivity index (χ0v) is 9.80. The van der Waals surface area contributed by atoms with Crippen LogP contribution in [0.3, 0.4) is 0 Å². The Hall–Kier alpha value is -1.40. The van der Waals surface area contributed by atoms with Gasteiger partial charge in [-0.2, -0.15) is 0 Å². The zero-order valence-electron chi connectivity index (χ0n) is 8.99. The molecular weight excluding hydrogens is 228 g/mol. The van der Waals surface area contributed by atoms with Crippen LogP contribution in [0.25, 0.3) is 0 Å². The summed E-state index contributed by atoms with van der Waals surface area (Å²) in [6.07, 6.45) is 2.26. The molecule has 5 nitrogen and oxygen atoms in total. The molecule has 0 saturated heterocycles. The fraction of sp³-hybridized carbons (Fsp3) is 0.400. The van der Waals surface area contributed by atoms with Crippen LogP contribution in [-0.4, -0.2) is 31.3 Å². The maximum Gasteiger partial charge on any atom is 0.293 e. The van der Waals surface area contributed by atoms with Gasteiger partial charge in [-0.05, 0) is 30.8 Å². The van der Waals surface area contributed by atoms with E-state index in [1.165, 1.54) is 6.26 Å². The first-order valence-corrected chi connectivity index (χ1v) is 5.26. The highest BCUT2D eigenvalue weighted by molar-refractivity contribution is 7.80. The van der Waals surface area contributed by atoms with Crippen LogP contribution < -0.4 is 10.6 Å². The normalized spacial score (nSPS) is 9.81. The van der Waals surface area contributed by atoms with Crippen LogP contribution >= 0.6 is 12.2 Å². The van der Waals surface area contributed by atoms with Gasteiger partial charge in [0.15, 0.2) is 10.9 Å². The van der Waals surface area contributed by atoms with Gasteiger partial charge in [0, 0.05) is 20.3 Å². The second-order valence-corrected chi connectivity index (χ2v) is 3.44. The molecule has 0 fully saturated rings. The minimum absolute atomic E-state index is 0.237. The minimum Gasteiger partial charge on any atom is -0.459 e. The van der Waals surface area contributed by atoms with E-state index in [4.69, 9.17) is 21.4 Å². The summed E-state index contributed by atoms with van der Waals surface area (Å²) in [6.45, 7) is 1.31. The predicted molar refractivity (Wildman–Crippen MR) is 63.3 cm³/mol. The summed E-state index contributed by atoms with van der Waals surface area (Å²) < 4.78 is 9.80. The van der Waals surface area contributed by atoms with E-state index < -0.39 is 0 Å². The summed E-state index contributed by atoms with van der Waals surface area (Å²) in [4.78, 5) is 11.4. The average Bonchev–Trinajstić information content (AvgIpc) is 2.77. The van der Waals surface area contributed by atoms with Crippen molar-refractivity contribution < 1.29 is 13.9 Å². The second-order valence-electron chi connectivity index (χ2n) is 3.03. The largest absolute Gasteiger partial charge is 0.459 e. The van der Waals surface area contributed by atoms with Gasteiger partial charge in [-0.3, -0.25) is 10.1 Å². The van der Waals surface area contributed by atoms with E-state index in [2.05, 4.69) is 10.6 Å². The van der Waals surface area contributed by atoms with Crippen LogP contribution in [0, 0.1) is 0 Å². The summed E-state index contributed by atoms with van der Waals surface area (Å²) in [5.41, 5.74) is 0. The second kappa shape index (κ2) is 6.97. The number of methoxy groups -OCH3 is 1. The quantitative estimate of drug-likeness (QED) is 0.594. The van der Waals surface area contributed by atoms with Gasteiger partial charge in [0.1, 0.15) is 0 Å². The molecule has 1 amide bonds.